The summed E-state index contributed by atoms with van der Waals surface area (Å²) in [5, 5.41) is 3.58. The summed E-state index contributed by atoms with van der Waals surface area (Å²) in [6.07, 6.45) is 1.35. The Morgan fingerprint density at radius 2 is 1.87 bits per heavy atom. The number of rotatable bonds is 3. The molecular formula is C14H21N. The summed E-state index contributed by atoms with van der Waals surface area (Å²) >= 11 is 0. The van der Waals surface area contributed by atoms with Crippen molar-refractivity contribution in [1.29, 1.82) is 0 Å². The first-order chi connectivity index (χ1) is 7.06. The van der Waals surface area contributed by atoms with Crippen LogP contribution in [0.4, 0.5) is 0 Å². The van der Waals surface area contributed by atoms with Gasteiger partial charge in [-0.3, -0.25) is 0 Å². The van der Waals surface area contributed by atoms with E-state index in [0.29, 0.717) is 0 Å². The molecule has 2 atom stereocenters. The summed E-state index contributed by atoms with van der Waals surface area (Å²) in [7, 11) is 0. The van der Waals surface area contributed by atoms with Crippen LogP contribution in [0.1, 0.15) is 38.7 Å². The Bertz CT molecular complexity index is 310. The molecule has 0 spiro atoms. The SMILES string of the molecule is CC(C)(C)NCC1CC1c1ccccc1. The largest absolute Gasteiger partial charge is 0.312 e. The molecule has 0 amide bonds. The molecule has 1 fully saturated rings. The molecule has 1 heteroatoms. The van der Waals surface area contributed by atoms with Crippen molar-refractivity contribution in [3.05, 3.63) is 35.9 Å². The Morgan fingerprint density at radius 1 is 1.20 bits per heavy atom. The predicted octanol–water partition coefficient (Wildman–Crippen LogP) is 3.18. The second kappa shape index (κ2) is 3.97. The van der Waals surface area contributed by atoms with Gasteiger partial charge in [-0.05, 0) is 51.1 Å². The molecule has 1 aliphatic rings. The van der Waals surface area contributed by atoms with Crippen LogP contribution < -0.4 is 5.32 Å². The van der Waals surface area contributed by atoms with Crippen molar-refractivity contribution in [2.75, 3.05) is 6.54 Å². The van der Waals surface area contributed by atoms with Crippen LogP contribution in [-0.4, -0.2) is 12.1 Å². The van der Waals surface area contributed by atoms with Gasteiger partial charge >= 0.3 is 0 Å². The summed E-state index contributed by atoms with van der Waals surface area (Å²) in [6, 6.07) is 10.9. The van der Waals surface area contributed by atoms with Gasteiger partial charge in [0.2, 0.25) is 0 Å². The van der Waals surface area contributed by atoms with Crippen molar-refractivity contribution < 1.29 is 0 Å². The van der Waals surface area contributed by atoms with E-state index in [1.165, 1.54) is 12.0 Å². The van der Waals surface area contributed by atoms with Crippen LogP contribution in [-0.2, 0) is 0 Å². The average molecular weight is 203 g/mol. The zero-order valence-corrected chi connectivity index (χ0v) is 9.96. The quantitative estimate of drug-likeness (QED) is 0.795. The molecule has 2 rings (SSSR count). The topological polar surface area (TPSA) is 12.0 Å². The Morgan fingerprint density at radius 3 is 2.47 bits per heavy atom. The molecule has 1 nitrogen and oxygen atoms in total. The highest BCUT2D eigenvalue weighted by molar-refractivity contribution is 5.25. The van der Waals surface area contributed by atoms with Crippen LogP contribution >= 0.6 is 0 Å². The molecule has 1 aromatic carbocycles. The van der Waals surface area contributed by atoms with Crippen molar-refractivity contribution in [2.45, 2.75) is 38.6 Å². The van der Waals surface area contributed by atoms with Crippen LogP contribution in [0, 0.1) is 5.92 Å². The molecule has 0 bridgehead atoms. The highest BCUT2D eigenvalue weighted by Crippen LogP contribution is 2.46. The number of benzene rings is 1. The van der Waals surface area contributed by atoms with Crippen LogP contribution in [0.15, 0.2) is 30.3 Å². The zero-order valence-electron chi connectivity index (χ0n) is 9.96. The standard InChI is InChI=1S/C14H21N/c1-14(2,3)15-10-12-9-13(12)11-7-5-4-6-8-11/h4-8,12-13,15H,9-10H2,1-3H3. The number of hydrogen-bond donors (Lipinski definition) is 1. The van der Waals surface area contributed by atoms with E-state index in [0.717, 1.165) is 18.4 Å². The van der Waals surface area contributed by atoms with Gasteiger partial charge in [0, 0.05) is 5.54 Å². The molecule has 1 aromatic rings. The van der Waals surface area contributed by atoms with Gasteiger partial charge in [-0.15, -0.1) is 0 Å². The van der Waals surface area contributed by atoms with Crippen LogP contribution in [0.3, 0.4) is 0 Å². The molecule has 0 aromatic heterocycles. The normalized spacial score (nSPS) is 25.3. The molecule has 1 aliphatic carbocycles. The summed E-state index contributed by atoms with van der Waals surface area (Å²) in [4.78, 5) is 0. The lowest BCUT2D eigenvalue weighted by atomic mass is 10.1. The molecule has 82 valence electrons. The van der Waals surface area contributed by atoms with Gasteiger partial charge in [0.1, 0.15) is 0 Å². The van der Waals surface area contributed by atoms with Gasteiger partial charge < -0.3 is 5.32 Å². The van der Waals surface area contributed by atoms with Gasteiger partial charge in [-0.25, -0.2) is 0 Å². The molecule has 15 heavy (non-hydrogen) atoms. The van der Waals surface area contributed by atoms with E-state index in [1.54, 1.807) is 0 Å². The Hall–Kier alpha value is -0.820. The molecule has 1 N–H and O–H groups in total. The number of hydrogen-bond acceptors (Lipinski definition) is 1. The molecule has 0 heterocycles. The van der Waals surface area contributed by atoms with Gasteiger partial charge in [-0.2, -0.15) is 0 Å². The first-order valence-electron chi connectivity index (χ1n) is 5.86. The highest BCUT2D eigenvalue weighted by Gasteiger charge is 2.38. The molecule has 0 saturated heterocycles. The first kappa shape index (κ1) is 10.7. The smallest absolute Gasteiger partial charge is 0.00966 e. The van der Waals surface area contributed by atoms with E-state index in [-0.39, 0.29) is 5.54 Å². The Balaban J connectivity index is 1.82. The lowest BCUT2D eigenvalue weighted by Crippen LogP contribution is -2.37. The maximum absolute atomic E-state index is 3.58. The van der Waals surface area contributed by atoms with E-state index < -0.39 is 0 Å². The maximum atomic E-state index is 3.58. The lowest BCUT2D eigenvalue weighted by molar-refractivity contribution is 0.414. The average Bonchev–Trinajstić information content (AvgIpc) is 2.94. The summed E-state index contributed by atoms with van der Waals surface area (Å²) in [5.74, 6) is 1.66. The van der Waals surface area contributed by atoms with E-state index in [9.17, 15) is 0 Å². The van der Waals surface area contributed by atoms with Crippen molar-refractivity contribution >= 4 is 0 Å². The van der Waals surface area contributed by atoms with Crippen molar-refractivity contribution in [2.24, 2.45) is 5.92 Å². The van der Waals surface area contributed by atoms with E-state index in [2.05, 4.69) is 56.4 Å². The minimum atomic E-state index is 0.254. The van der Waals surface area contributed by atoms with E-state index >= 15 is 0 Å². The van der Waals surface area contributed by atoms with E-state index in [1.807, 2.05) is 0 Å². The van der Waals surface area contributed by atoms with Crippen LogP contribution in [0.25, 0.3) is 0 Å². The third kappa shape index (κ3) is 3.07. The van der Waals surface area contributed by atoms with Crippen molar-refractivity contribution in [1.82, 2.24) is 5.32 Å². The molecule has 2 unspecified atom stereocenters. The molecule has 1 saturated carbocycles. The summed E-state index contributed by atoms with van der Waals surface area (Å²) in [6.45, 7) is 7.84. The minimum Gasteiger partial charge on any atom is -0.312 e. The molecular weight excluding hydrogens is 182 g/mol. The summed E-state index contributed by atoms with van der Waals surface area (Å²) < 4.78 is 0. The molecule has 0 aliphatic heterocycles. The van der Waals surface area contributed by atoms with Gasteiger partial charge in [0.15, 0.2) is 0 Å². The lowest BCUT2D eigenvalue weighted by Gasteiger charge is -2.20. The van der Waals surface area contributed by atoms with Crippen molar-refractivity contribution in [3.63, 3.8) is 0 Å². The third-order valence-corrected chi connectivity index (χ3v) is 3.04. The number of nitrogens with one attached hydrogen (secondary N) is 1. The fraction of sp³-hybridized carbons (Fsp3) is 0.571. The Labute approximate surface area is 92.9 Å². The predicted molar refractivity (Wildman–Crippen MR) is 65.0 cm³/mol. The van der Waals surface area contributed by atoms with Crippen LogP contribution in [0.2, 0.25) is 0 Å². The van der Waals surface area contributed by atoms with Gasteiger partial charge in [-0.1, -0.05) is 30.3 Å². The first-order valence-corrected chi connectivity index (χ1v) is 5.86. The van der Waals surface area contributed by atoms with E-state index in [4.69, 9.17) is 0 Å². The van der Waals surface area contributed by atoms with Gasteiger partial charge in [0.05, 0.1) is 0 Å². The van der Waals surface area contributed by atoms with Gasteiger partial charge in [0.25, 0.3) is 0 Å². The highest BCUT2D eigenvalue weighted by atomic mass is 15.0. The monoisotopic (exact) mass is 203 g/mol. The fourth-order valence-electron chi connectivity index (χ4n) is 2.02. The fourth-order valence-corrected chi connectivity index (χ4v) is 2.02. The zero-order chi connectivity index (χ0) is 10.9. The Kier molecular flexibility index (Phi) is 2.83. The van der Waals surface area contributed by atoms with Crippen molar-refractivity contribution in [3.8, 4) is 0 Å². The second-order valence-electron chi connectivity index (χ2n) is 5.64. The third-order valence-electron chi connectivity index (χ3n) is 3.04. The minimum absolute atomic E-state index is 0.254. The summed E-state index contributed by atoms with van der Waals surface area (Å²) in [5.41, 5.74) is 1.77. The molecule has 0 radical (unpaired) electrons. The maximum Gasteiger partial charge on any atom is 0.00966 e. The van der Waals surface area contributed by atoms with Crippen LogP contribution in [0.5, 0.6) is 0 Å². The second-order valence-corrected chi connectivity index (χ2v) is 5.64.